The number of nitrogens with two attached hydrogens (primary N) is 1. The van der Waals surface area contributed by atoms with E-state index in [1.54, 1.807) is 0 Å². The van der Waals surface area contributed by atoms with Crippen LogP contribution in [0.15, 0.2) is 30.3 Å². The Morgan fingerprint density at radius 3 is 2.58 bits per heavy atom. The molecule has 0 spiro atoms. The summed E-state index contributed by atoms with van der Waals surface area (Å²) in [7, 11) is 0. The topological polar surface area (TPSA) is 68.0 Å². The number of nitrogens with zero attached hydrogens (tertiary/aromatic N) is 1. The largest absolute Gasteiger partial charge is 0.329 e. The summed E-state index contributed by atoms with van der Waals surface area (Å²) in [6.45, 7) is 4.19. The van der Waals surface area contributed by atoms with Crippen LogP contribution in [0.25, 0.3) is 0 Å². The van der Waals surface area contributed by atoms with E-state index in [0.717, 1.165) is 16.1 Å². The number of amides is 1. The van der Waals surface area contributed by atoms with Gasteiger partial charge in [0.2, 0.25) is 5.91 Å². The second-order valence-corrected chi connectivity index (χ2v) is 5.55. The van der Waals surface area contributed by atoms with Crippen molar-refractivity contribution < 1.29 is 4.79 Å². The fraction of sp³-hybridized carbons (Fsp3) is 0.286. The molecule has 100 valence electrons. The van der Waals surface area contributed by atoms with Crippen molar-refractivity contribution in [2.45, 2.75) is 19.8 Å². The number of aryl methyl sites for hydroxylation is 2. The van der Waals surface area contributed by atoms with Crippen LogP contribution in [0.3, 0.4) is 0 Å². The van der Waals surface area contributed by atoms with Crippen LogP contribution in [0.4, 0.5) is 5.13 Å². The third-order valence-electron chi connectivity index (χ3n) is 3.01. The van der Waals surface area contributed by atoms with Crippen LogP contribution in [-0.2, 0) is 4.79 Å². The van der Waals surface area contributed by atoms with Crippen LogP contribution in [0.5, 0.6) is 0 Å². The first-order valence-electron chi connectivity index (χ1n) is 6.11. The minimum atomic E-state index is -0.342. The summed E-state index contributed by atoms with van der Waals surface area (Å²) in [4.78, 5) is 17.7. The van der Waals surface area contributed by atoms with Gasteiger partial charge < -0.3 is 11.1 Å². The molecule has 0 bridgehead atoms. The van der Waals surface area contributed by atoms with Gasteiger partial charge >= 0.3 is 0 Å². The highest BCUT2D eigenvalue weighted by Crippen LogP contribution is 2.23. The first kappa shape index (κ1) is 13.7. The van der Waals surface area contributed by atoms with Gasteiger partial charge in [0, 0.05) is 11.4 Å². The normalized spacial score (nSPS) is 12.2. The van der Waals surface area contributed by atoms with E-state index in [9.17, 15) is 4.79 Å². The molecule has 0 fully saturated rings. The van der Waals surface area contributed by atoms with Crippen LogP contribution in [0.1, 0.15) is 22.1 Å². The zero-order valence-electron chi connectivity index (χ0n) is 11.0. The van der Waals surface area contributed by atoms with Crippen LogP contribution in [0, 0.1) is 13.8 Å². The molecule has 0 aliphatic heterocycles. The van der Waals surface area contributed by atoms with Crippen molar-refractivity contribution in [3.05, 3.63) is 46.5 Å². The average Bonchev–Trinajstić information content (AvgIpc) is 2.70. The second kappa shape index (κ2) is 5.95. The van der Waals surface area contributed by atoms with E-state index < -0.39 is 0 Å². The summed E-state index contributed by atoms with van der Waals surface area (Å²) in [5, 5.41) is 3.48. The van der Waals surface area contributed by atoms with Crippen molar-refractivity contribution in [1.29, 1.82) is 0 Å². The number of aromatic nitrogens is 1. The lowest BCUT2D eigenvalue weighted by molar-refractivity contribution is -0.117. The maximum absolute atomic E-state index is 12.2. The average molecular weight is 275 g/mol. The van der Waals surface area contributed by atoms with Crippen molar-refractivity contribution in [3.8, 4) is 0 Å². The molecule has 1 aromatic heterocycles. The minimum Gasteiger partial charge on any atom is -0.329 e. The number of carbonyl (C=O) groups is 1. The monoisotopic (exact) mass is 275 g/mol. The number of rotatable bonds is 4. The van der Waals surface area contributed by atoms with E-state index in [0.29, 0.717) is 5.13 Å². The van der Waals surface area contributed by atoms with Crippen molar-refractivity contribution in [1.82, 2.24) is 4.98 Å². The summed E-state index contributed by atoms with van der Waals surface area (Å²) < 4.78 is 0. The van der Waals surface area contributed by atoms with Gasteiger partial charge in [-0.3, -0.25) is 4.79 Å². The Labute approximate surface area is 116 Å². The van der Waals surface area contributed by atoms with Gasteiger partial charge in [0.05, 0.1) is 11.6 Å². The zero-order chi connectivity index (χ0) is 13.8. The molecule has 0 aliphatic rings. The van der Waals surface area contributed by atoms with Crippen LogP contribution in [0.2, 0.25) is 0 Å². The number of carbonyl (C=O) groups excluding carboxylic acids is 1. The molecule has 1 aromatic carbocycles. The summed E-state index contributed by atoms with van der Waals surface area (Å²) in [6.07, 6.45) is 0. The van der Waals surface area contributed by atoms with E-state index in [4.69, 9.17) is 5.73 Å². The Balaban J connectivity index is 2.14. The molecular formula is C14H17N3OS. The Morgan fingerprint density at radius 1 is 1.37 bits per heavy atom. The molecule has 0 saturated carbocycles. The number of hydrogen-bond acceptors (Lipinski definition) is 4. The Hall–Kier alpha value is -1.72. The van der Waals surface area contributed by atoms with E-state index in [1.165, 1.54) is 11.3 Å². The van der Waals surface area contributed by atoms with Gasteiger partial charge in [0.15, 0.2) is 5.13 Å². The Morgan fingerprint density at radius 2 is 2.05 bits per heavy atom. The first-order valence-corrected chi connectivity index (χ1v) is 6.93. The quantitative estimate of drug-likeness (QED) is 0.900. The molecule has 0 aliphatic carbocycles. The van der Waals surface area contributed by atoms with Gasteiger partial charge in [-0.05, 0) is 19.4 Å². The van der Waals surface area contributed by atoms with Gasteiger partial charge in [0.25, 0.3) is 0 Å². The fourth-order valence-electron chi connectivity index (χ4n) is 1.80. The summed E-state index contributed by atoms with van der Waals surface area (Å²) in [5.74, 6) is -0.451. The first-order chi connectivity index (χ1) is 9.11. The number of hydrogen-bond donors (Lipinski definition) is 2. The lowest BCUT2D eigenvalue weighted by Gasteiger charge is -2.13. The van der Waals surface area contributed by atoms with Crippen molar-refractivity contribution in [3.63, 3.8) is 0 Å². The minimum absolute atomic E-state index is 0.109. The Kier molecular flexibility index (Phi) is 4.29. The van der Waals surface area contributed by atoms with E-state index in [1.807, 2.05) is 44.2 Å². The van der Waals surface area contributed by atoms with Crippen molar-refractivity contribution >= 4 is 22.4 Å². The second-order valence-electron chi connectivity index (χ2n) is 4.35. The Bertz CT molecular complexity index is 546. The highest BCUT2D eigenvalue weighted by Gasteiger charge is 2.20. The standard InChI is InChI=1S/C14H17N3OS/c1-9-10(2)19-14(16-9)17-13(18)12(8-15)11-6-4-3-5-7-11/h3-7,12H,8,15H2,1-2H3,(H,16,17,18). The van der Waals surface area contributed by atoms with Crippen molar-refractivity contribution in [2.75, 3.05) is 11.9 Å². The maximum Gasteiger partial charge on any atom is 0.234 e. The molecule has 3 N–H and O–H groups in total. The van der Waals surface area contributed by atoms with Crippen LogP contribution >= 0.6 is 11.3 Å². The summed E-state index contributed by atoms with van der Waals surface area (Å²) >= 11 is 1.48. The van der Waals surface area contributed by atoms with E-state index in [-0.39, 0.29) is 18.4 Å². The van der Waals surface area contributed by atoms with Gasteiger partial charge in [-0.1, -0.05) is 30.3 Å². The highest BCUT2D eigenvalue weighted by atomic mass is 32.1. The van der Waals surface area contributed by atoms with Crippen LogP contribution < -0.4 is 11.1 Å². The van der Waals surface area contributed by atoms with Crippen molar-refractivity contribution in [2.24, 2.45) is 5.73 Å². The fourth-order valence-corrected chi connectivity index (χ4v) is 2.62. The number of nitrogens with one attached hydrogen (secondary N) is 1. The van der Waals surface area contributed by atoms with Gasteiger partial charge in [-0.2, -0.15) is 0 Å². The highest BCUT2D eigenvalue weighted by molar-refractivity contribution is 7.15. The molecule has 1 unspecified atom stereocenters. The zero-order valence-corrected chi connectivity index (χ0v) is 11.8. The number of benzene rings is 1. The summed E-state index contributed by atoms with van der Waals surface area (Å²) in [6, 6.07) is 9.55. The molecule has 0 radical (unpaired) electrons. The molecule has 2 aromatic rings. The number of thiazole rings is 1. The molecule has 4 nitrogen and oxygen atoms in total. The molecule has 1 heterocycles. The lowest BCUT2D eigenvalue weighted by Crippen LogP contribution is -2.27. The smallest absolute Gasteiger partial charge is 0.234 e. The predicted molar refractivity (Wildman–Crippen MR) is 78.5 cm³/mol. The molecule has 5 heteroatoms. The third-order valence-corrected chi connectivity index (χ3v) is 4.00. The van der Waals surface area contributed by atoms with Gasteiger partial charge in [-0.15, -0.1) is 11.3 Å². The molecule has 1 amide bonds. The number of anilines is 1. The van der Waals surface area contributed by atoms with E-state index in [2.05, 4.69) is 10.3 Å². The summed E-state index contributed by atoms with van der Waals surface area (Å²) in [5.41, 5.74) is 7.59. The predicted octanol–water partition coefficient (Wildman–Crippen LogP) is 2.44. The van der Waals surface area contributed by atoms with Crippen LogP contribution in [-0.4, -0.2) is 17.4 Å². The molecule has 0 saturated heterocycles. The van der Waals surface area contributed by atoms with E-state index >= 15 is 0 Å². The molecule has 19 heavy (non-hydrogen) atoms. The third kappa shape index (κ3) is 3.19. The lowest BCUT2D eigenvalue weighted by atomic mass is 9.99. The molecular weight excluding hydrogens is 258 g/mol. The molecule has 2 rings (SSSR count). The molecule has 1 atom stereocenters. The maximum atomic E-state index is 12.2. The SMILES string of the molecule is Cc1nc(NC(=O)C(CN)c2ccccc2)sc1C. The van der Waals surface area contributed by atoms with Gasteiger partial charge in [0.1, 0.15) is 0 Å². The van der Waals surface area contributed by atoms with Gasteiger partial charge in [-0.25, -0.2) is 4.98 Å².